The van der Waals surface area contributed by atoms with Crippen LogP contribution in [0.2, 0.25) is 0 Å². The van der Waals surface area contributed by atoms with E-state index in [9.17, 15) is 4.79 Å². The van der Waals surface area contributed by atoms with Gasteiger partial charge in [0.25, 0.3) is 0 Å². The summed E-state index contributed by atoms with van der Waals surface area (Å²) in [5.74, 6) is 0.0700. The third-order valence-corrected chi connectivity index (χ3v) is 3.94. The van der Waals surface area contributed by atoms with Crippen molar-refractivity contribution in [3.8, 4) is 0 Å². The molecule has 0 unspecified atom stereocenters. The van der Waals surface area contributed by atoms with Gasteiger partial charge in [0.2, 0.25) is 0 Å². The maximum Gasteiger partial charge on any atom is 0.193 e. The summed E-state index contributed by atoms with van der Waals surface area (Å²) in [6, 6.07) is 19.6. The topological polar surface area (TPSA) is 17.1 Å². The van der Waals surface area contributed by atoms with Crippen LogP contribution in [0.15, 0.2) is 65.1 Å². The summed E-state index contributed by atoms with van der Waals surface area (Å²) in [5, 5.41) is 2.11. The molecular weight excluding hydrogens is 312 g/mol. The number of rotatable bonds is 2. The van der Waals surface area contributed by atoms with E-state index in [1.54, 1.807) is 0 Å². The molecule has 3 rings (SSSR count). The van der Waals surface area contributed by atoms with E-state index in [2.05, 4.69) is 22.0 Å². The highest BCUT2D eigenvalue weighted by molar-refractivity contribution is 9.10. The third kappa shape index (κ3) is 2.27. The molecule has 0 bridgehead atoms. The van der Waals surface area contributed by atoms with Crippen LogP contribution >= 0.6 is 15.9 Å². The largest absolute Gasteiger partial charge is 0.289 e. The Hall–Kier alpha value is -1.93. The van der Waals surface area contributed by atoms with Crippen LogP contribution < -0.4 is 0 Å². The standard InChI is InChI=1S/C18H13BrO/c1-12-9-10-13-5-2-3-8-16(13)17(12)18(20)14-6-4-7-15(19)11-14/h2-11H,1H3. The Kier molecular flexibility index (Phi) is 3.41. The number of carbonyl (C=O) groups is 1. The first-order chi connectivity index (χ1) is 9.66. The van der Waals surface area contributed by atoms with Crippen LogP contribution in [-0.4, -0.2) is 5.78 Å². The van der Waals surface area contributed by atoms with E-state index in [4.69, 9.17) is 0 Å². The van der Waals surface area contributed by atoms with Crippen molar-refractivity contribution < 1.29 is 4.79 Å². The van der Waals surface area contributed by atoms with Crippen molar-refractivity contribution in [2.45, 2.75) is 6.92 Å². The Morgan fingerprint density at radius 3 is 2.55 bits per heavy atom. The molecule has 0 fully saturated rings. The van der Waals surface area contributed by atoms with Crippen molar-refractivity contribution in [1.29, 1.82) is 0 Å². The number of ketones is 1. The normalized spacial score (nSPS) is 10.7. The van der Waals surface area contributed by atoms with E-state index in [1.807, 2.05) is 61.5 Å². The summed E-state index contributed by atoms with van der Waals surface area (Å²) in [7, 11) is 0. The quantitative estimate of drug-likeness (QED) is 0.596. The molecular formula is C18H13BrO. The lowest BCUT2D eigenvalue weighted by atomic mass is 9.93. The van der Waals surface area contributed by atoms with Gasteiger partial charge in [0.15, 0.2) is 5.78 Å². The van der Waals surface area contributed by atoms with Crippen LogP contribution in [-0.2, 0) is 0 Å². The van der Waals surface area contributed by atoms with Gasteiger partial charge in [0.05, 0.1) is 0 Å². The van der Waals surface area contributed by atoms with E-state index < -0.39 is 0 Å². The Bertz CT molecular complexity index is 805. The van der Waals surface area contributed by atoms with Gasteiger partial charge < -0.3 is 0 Å². The van der Waals surface area contributed by atoms with E-state index in [0.717, 1.165) is 26.4 Å². The molecule has 0 radical (unpaired) electrons. The Morgan fingerprint density at radius 2 is 1.75 bits per heavy atom. The van der Waals surface area contributed by atoms with Gasteiger partial charge in [-0.2, -0.15) is 0 Å². The molecule has 0 N–H and O–H groups in total. The lowest BCUT2D eigenvalue weighted by Crippen LogP contribution is -2.04. The molecule has 0 aliphatic carbocycles. The molecule has 2 heteroatoms. The summed E-state index contributed by atoms with van der Waals surface area (Å²) in [6.45, 7) is 1.98. The van der Waals surface area contributed by atoms with Gasteiger partial charge >= 0.3 is 0 Å². The average Bonchev–Trinajstić information content (AvgIpc) is 2.46. The van der Waals surface area contributed by atoms with Crippen LogP contribution in [0.1, 0.15) is 21.5 Å². The summed E-state index contributed by atoms with van der Waals surface area (Å²) < 4.78 is 0.918. The highest BCUT2D eigenvalue weighted by atomic mass is 79.9. The molecule has 0 amide bonds. The molecule has 98 valence electrons. The van der Waals surface area contributed by atoms with Crippen LogP contribution in [0.25, 0.3) is 10.8 Å². The van der Waals surface area contributed by atoms with Crippen molar-refractivity contribution in [3.05, 3.63) is 81.8 Å². The maximum absolute atomic E-state index is 12.8. The number of hydrogen-bond acceptors (Lipinski definition) is 1. The molecule has 0 atom stereocenters. The fourth-order valence-corrected chi connectivity index (χ4v) is 2.86. The minimum atomic E-state index is 0.0700. The Morgan fingerprint density at radius 1 is 0.950 bits per heavy atom. The average molecular weight is 325 g/mol. The van der Waals surface area contributed by atoms with Gasteiger partial charge in [0.1, 0.15) is 0 Å². The predicted molar refractivity (Wildman–Crippen MR) is 86.3 cm³/mol. The molecule has 1 nitrogen and oxygen atoms in total. The zero-order chi connectivity index (χ0) is 14.1. The maximum atomic E-state index is 12.8. The van der Waals surface area contributed by atoms with Crippen LogP contribution in [0.4, 0.5) is 0 Å². The van der Waals surface area contributed by atoms with Gasteiger partial charge in [-0.05, 0) is 35.4 Å². The van der Waals surface area contributed by atoms with Gasteiger partial charge in [-0.25, -0.2) is 0 Å². The second kappa shape index (κ2) is 5.22. The van der Waals surface area contributed by atoms with Gasteiger partial charge in [-0.1, -0.05) is 64.5 Å². The molecule has 0 saturated carbocycles. The van der Waals surface area contributed by atoms with E-state index in [1.165, 1.54) is 0 Å². The fraction of sp³-hybridized carbons (Fsp3) is 0.0556. The van der Waals surface area contributed by atoms with Crippen molar-refractivity contribution in [3.63, 3.8) is 0 Å². The van der Waals surface area contributed by atoms with Crippen molar-refractivity contribution >= 4 is 32.5 Å². The summed E-state index contributed by atoms with van der Waals surface area (Å²) in [4.78, 5) is 12.8. The first kappa shape index (κ1) is 13.1. The number of halogens is 1. The van der Waals surface area contributed by atoms with Gasteiger partial charge in [0, 0.05) is 15.6 Å². The second-order valence-electron chi connectivity index (χ2n) is 4.82. The first-order valence-electron chi connectivity index (χ1n) is 6.45. The van der Waals surface area contributed by atoms with E-state index in [0.29, 0.717) is 5.56 Å². The highest BCUT2D eigenvalue weighted by Gasteiger charge is 2.15. The van der Waals surface area contributed by atoms with Crippen LogP contribution in [0, 0.1) is 6.92 Å². The lowest BCUT2D eigenvalue weighted by Gasteiger charge is -2.10. The smallest absolute Gasteiger partial charge is 0.193 e. The molecule has 0 heterocycles. The first-order valence-corrected chi connectivity index (χ1v) is 7.25. The lowest BCUT2D eigenvalue weighted by molar-refractivity contribution is 0.103. The summed E-state index contributed by atoms with van der Waals surface area (Å²) in [6.07, 6.45) is 0. The molecule has 3 aromatic carbocycles. The number of benzene rings is 3. The summed E-state index contributed by atoms with van der Waals surface area (Å²) >= 11 is 3.42. The fourth-order valence-electron chi connectivity index (χ4n) is 2.46. The molecule has 0 aliphatic rings. The molecule has 0 aliphatic heterocycles. The van der Waals surface area contributed by atoms with Gasteiger partial charge in [-0.15, -0.1) is 0 Å². The van der Waals surface area contributed by atoms with Crippen LogP contribution in [0.5, 0.6) is 0 Å². The zero-order valence-corrected chi connectivity index (χ0v) is 12.6. The monoisotopic (exact) mass is 324 g/mol. The van der Waals surface area contributed by atoms with Crippen molar-refractivity contribution in [2.24, 2.45) is 0 Å². The van der Waals surface area contributed by atoms with E-state index >= 15 is 0 Å². The molecule has 0 aromatic heterocycles. The Balaban J connectivity index is 2.24. The minimum absolute atomic E-state index is 0.0700. The van der Waals surface area contributed by atoms with Crippen LogP contribution in [0.3, 0.4) is 0 Å². The molecule has 0 saturated heterocycles. The number of aryl methyl sites for hydroxylation is 1. The third-order valence-electron chi connectivity index (χ3n) is 3.45. The SMILES string of the molecule is Cc1ccc2ccccc2c1C(=O)c1cccc(Br)c1. The number of carbonyl (C=O) groups excluding carboxylic acids is 1. The highest BCUT2D eigenvalue weighted by Crippen LogP contribution is 2.25. The predicted octanol–water partition coefficient (Wildman–Crippen LogP) is 5.14. The van der Waals surface area contributed by atoms with E-state index in [-0.39, 0.29) is 5.78 Å². The van der Waals surface area contributed by atoms with Gasteiger partial charge in [-0.3, -0.25) is 4.79 Å². The Labute approximate surface area is 126 Å². The molecule has 0 spiro atoms. The molecule has 3 aromatic rings. The minimum Gasteiger partial charge on any atom is -0.289 e. The molecule has 20 heavy (non-hydrogen) atoms. The number of fused-ring (bicyclic) bond motifs is 1. The second-order valence-corrected chi connectivity index (χ2v) is 5.73. The zero-order valence-electron chi connectivity index (χ0n) is 11.1. The number of hydrogen-bond donors (Lipinski definition) is 0. The van der Waals surface area contributed by atoms with Crippen molar-refractivity contribution in [1.82, 2.24) is 0 Å². The summed E-state index contributed by atoms with van der Waals surface area (Å²) in [5.41, 5.74) is 2.51. The van der Waals surface area contributed by atoms with Crippen molar-refractivity contribution in [2.75, 3.05) is 0 Å².